The fourth-order valence-electron chi connectivity index (χ4n) is 4.80. The molecule has 4 aromatic carbocycles. The summed E-state index contributed by atoms with van der Waals surface area (Å²) >= 11 is 1.55. The van der Waals surface area contributed by atoms with E-state index >= 15 is 0 Å². The first-order valence-corrected chi connectivity index (χ1v) is 14.1. The van der Waals surface area contributed by atoms with Gasteiger partial charge in [0.05, 0.1) is 26.0 Å². The Balaban J connectivity index is 1.33. The number of rotatable bonds is 9. The smallest absolute Gasteiger partial charge is 0.340 e. The van der Waals surface area contributed by atoms with E-state index in [1.165, 1.54) is 7.11 Å². The number of hydrogen-bond acceptors (Lipinski definition) is 7. The second-order valence-electron chi connectivity index (χ2n) is 9.26. The number of ether oxygens (including phenoxy) is 2. The van der Waals surface area contributed by atoms with Crippen LogP contribution in [-0.2, 0) is 11.3 Å². The Hall–Kier alpha value is -4.89. The molecule has 0 spiro atoms. The first-order valence-electron chi connectivity index (χ1n) is 13.1. The summed E-state index contributed by atoms with van der Waals surface area (Å²) in [7, 11) is 3.05. The predicted molar refractivity (Wildman–Crippen MR) is 163 cm³/mol. The summed E-state index contributed by atoms with van der Waals surface area (Å²) in [6.45, 7) is 0.654. The number of benzene rings is 4. The minimum Gasteiger partial charge on any atom is -0.497 e. The maximum absolute atomic E-state index is 12.4. The standard InChI is InChI=1S/C32H27N5O3S/c1-39-24-16-14-22(15-17-24)20-33-37-30(27-12-7-9-23-8-3-4-10-25(23)27)34-35-32(37)41-19-18-36-21-28(31(38)40-2)26-11-5-6-13-29(26)36/h3-17,20-21H,18-19H2,1-2H3/b33-20+. The topological polar surface area (TPSA) is 83.5 Å². The molecule has 0 saturated heterocycles. The molecule has 0 N–H and O–H groups in total. The van der Waals surface area contributed by atoms with Gasteiger partial charge >= 0.3 is 5.97 Å². The van der Waals surface area contributed by atoms with E-state index in [0.717, 1.165) is 38.6 Å². The van der Waals surface area contributed by atoms with Gasteiger partial charge in [-0.1, -0.05) is 72.4 Å². The Morgan fingerprint density at radius 3 is 2.46 bits per heavy atom. The number of thioether (sulfide) groups is 1. The number of hydrogen-bond donors (Lipinski definition) is 0. The molecule has 6 rings (SSSR count). The molecular formula is C32H27N5O3S. The minimum absolute atomic E-state index is 0.347. The Morgan fingerprint density at radius 2 is 1.66 bits per heavy atom. The van der Waals surface area contributed by atoms with E-state index in [4.69, 9.17) is 14.6 Å². The average molecular weight is 562 g/mol. The van der Waals surface area contributed by atoms with E-state index in [1.54, 1.807) is 29.8 Å². The summed E-state index contributed by atoms with van der Waals surface area (Å²) in [4.78, 5) is 12.4. The van der Waals surface area contributed by atoms with Crippen molar-refractivity contribution >= 4 is 45.6 Å². The molecule has 0 unspecified atom stereocenters. The third kappa shape index (κ3) is 5.31. The number of para-hydroxylation sites is 1. The van der Waals surface area contributed by atoms with Gasteiger partial charge in [-0.2, -0.15) is 9.78 Å². The third-order valence-corrected chi connectivity index (χ3v) is 7.74. The normalized spacial score (nSPS) is 11.5. The van der Waals surface area contributed by atoms with Crippen LogP contribution in [0.1, 0.15) is 15.9 Å². The van der Waals surface area contributed by atoms with Crippen LogP contribution in [0.2, 0.25) is 0 Å². The van der Waals surface area contributed by atoms with Gasteiger partial charge in [-0.25, -0.2) is 4.79 Å². The Kier molecular flexibility index (Phi) is 7.51. The van der Waals surface area contributed by atoms with Crippen molar-refractivity contribution < 1.29 is 14.3 Å². The third-order valence-electron chi connectivity index (χ3n) is 6.84. The van der Waals surface area contributed by atoms with Crippen molar-refractivity contribution in [2.24, 2.45) is 5.10 Å². The highest BCUT2D eigenvalue weighted by molar-refractivity contribution is 7.99. The molecule has 0 fully saturated rings. The number of nitrogens with zero attached hydrogens (tertiary/aromatic N) is 5. The first kappa shape index (κ1) is 26.3. The molecule has 41 heavy (non-hydrogen) atoms. The number of carbonyl (C=O) groups is 1. The molecule has 2 aromatic heterocycles. The van der Waals surface area contributed by atoms with E-state index in [0.29, 0.717) is 28.8 Å². The van der Waals surface area contributed by atoms with Crippen molar-refractivity contribution in [3.63, 3.8) is 0 Å². The molecule has 0 atom stereocenters. The summed E-state index contributed by atoms with van der Waals surface area (Å²) in [5.74, 6) is 1.78. The van der Waals surface area contributed by atoms with Gasteiger partial charge in [0.15, 0.2) is 5.82 Å². The van der Waals surface area contributed by atoms with Gasteiger partial charge in [-0.15, -0.1) is 10.2 Å². The van der Waals surface area contributed by atoms with Crippen LogP contribution < -0.4 is 4.74 Å². The van der Waals surface area contributed by atoms with Crippen LogP contribution in [0.4, 0.5) is 0 Å². The quantitative estimate of drug-likeness (QED) is 0.114. The van der Waals surface area contributed by atoms with Gasteiger partial charge in [-0.3, -0.25) is 0 Å². The highest BCUT2D eigenvalue weighted by atomic mass is 32.2. The van der Waals surface area contributed by atoms with Gasteiger partial charge in [0.2, 0.25) is 5.16 Å². The molecule has 8 nitrogen and oxygen atoms in total. The van der Waals surface area contributed by atoms with E-state index < -0.39 is 0 Å². The first-order chi connectivity index (χ1) is 20.2. The molecule has 0 aliphatic carbocycles. The summed E-state index contributed by atoms with van der Waals surface area (Å²) in [5.41, 5.74) is 3.41. The van der Waals surface area contributed by atoms with Gasteiger partial charge < -0.3 is 14.0 Å². The molecule has 0 saturated carbocycles. The van der Waals surface area contributed by atoms with E-state index in [2.05, 4.69) is 33.0 Å². The molecule has 9 heteroatoms. The van der Waals surface area contributed by atoms with Gasteiger partial charge in [0.25, 0.3) is 0 Å². The largest absolute Gasteiger partial charge is 0.497 e. The Morgan fingerprint density at radius 1 is 0.902 bits per heavy atom. The zero-order chi connectivity index (χ0) is 28.2. The fourth-order valence-corrected chi connectivity index (χ4v) is 5.63. The number of fused-ring (bicyclic) bond motifs is 2. The highest BCUT2D eigenvalue weighted by Crippen LogP contribution is 2.30. The summed E-state index contributed by atoms with van der Waals surface area (Å²) in [6, 6.07) is 29.9. The van der Waals surface area contributed by atoms with Crippen molar-refractivity contribution in [3.8, 4) is 17.1 Å². The summed E-state index contributed by atoms with van der Waals surface area (Å²) in [6.07, 6.45) is 3.65. The van der Waals surface area contributed by atoms with Crippen LogP contribution in [0.25, 0.3) is 33.1 Å². The summed E-state index contributed by atoms with van der Waals surface area (Å²) in [5, 5.41) is 17.7. The lowest BCUT2D eigenvalue weighted by Crippen LogP contribution is -2.02. The van der Waals surface area contributed by atoms with Crippen molar-refractivity contribution in [3.05, 3.63) is 108 Å². The Bertz CT molecular complexity index is 1870. The molecule has 6 aromatic rings. The van der Waals surface area contributed by atoms with Crippen LogP contribution >= 0.6 is 11.8 Å². The lowest BCUT2D eigenvalue weighted by atomic mass is 10.0. The van der Waals surface area contributed by atoms with Crippen molar-refractivity contribution in [2.75, 3.05) is 20.0 Å². The van der Waals surface area contributed by atoms with E-state index in [9.17, 15) is 4.79 Å². The summed E-state index contributed by atoms with van der Waals surface area (Å²) < 4.78 is 14.1. The van der Waals surface area contributed by atoms with Crippen LogP contribution in [0.5, 0.6) is 5.75 Å². The maximum atomic E-state index is 12.4. The number of aromatic nitrogens is 4. The second kappa shape index (κ2) is 11.7. The van der Waals surface area contributed by atoms with Gasteiger partial charge in [-0.05, 0) is 46.7 Å². The molecule has 204 valence electrons. The van der Waals surface area contributed by atoms with Crippen LogP contribution in [0.3, 0.4) is 0 Å². The SMILES string of the molecule is COC(=O)c1cn(CCSc2nnc(-c3cccc4ccccc34)n2/N=C/c2ccc(OC)cc2)c2ccccc12. The highest BCUT2D eigenvalue weighted by Gasteiger charge is 2.18. The van der Waals surface area contributed by atoms with Crippen molar-refractivity contribution in [1.29, 1.82) is 0 Å². The van der Waals surface area contributed by atoms with Crippen molar-refractivity contribution in [2.45, 2.75) is 11.7 Å². The average Bonchev–Trinajstić information content (AvgIpc) is 3.61. The van der Waals surface area contributed by atoms with Crippen LogP contribution in [0, 0.1) is 0 Å². The van der Waals surface area contributed by atoms with E-state index in [-0.39, 0.29) is 5.97 Å². The number of carbonyl (C=O) groups excluding carboxylic acids is 1. The molecule has 0 bridgehead atoms. The number of esters is 1. The molecular weight excluding hydrogens is 534 g/mol. The molecule has 0 amide bonds. The number of methoxy groups -OCH3 is 2. The van der Waals surface area contributed by atoms with E-state index in [1.807, 2.05) is 79.0 Å². The predicted octanol–water partition coefficient (Wildman–Crippen LogP) is 6.52. The minimum atomic E-state index is -0.347. The maximum Gasteiger partial charge on any atom is 0.340 e. The molecule has 2 heterocycles. The Labute approximate surface area is 241 Å². The van der Waals surface area contributed by atoms with Crippen molar-refractivity contribution in [1.82, 2.24) is 19.4 Å². The lowest BCUT2D eigenvalue weighted by Gasteiger charge is -2.08. The molecule has 0 radical (unpaired) electrons. The molecule has 0 aliphatic heterocycles. The van der Waals surface area contributed by atoms with Gasteiger partial charge in [0, 0.05) is 35.0 Å². The monoisotopic (exact) mass is 561 g/mol. The van der Waals surface area contributed by atoms with Crippen LogP contribution in [-0.4, -0.2) is 51.6 Å². The fraction of sp³-hybridized carbons (Fsp3) is 0.125. The zero-order valence-corrected chi connectivity index (χ0v) is 23.4. The lowest BCUT2D eigenvalue weighted by molar-refractivity contribution is 0.0602. The van der Waals surface area contributed by atoms with Crippen LogP contribution in [0.15, 0.2) is 107 Å². The van der Waals surface area contributed by atoms with Gasteiger partial charge in [0.1, 0.15) is 5.75 Å². The second-order valence-corrected chi connectivity index (χ2v) is 10.3. The zero-order valence-electron chi connectivity index (χ0n) is 22.6. The number of aryl methyl sites for hydroxylation is 1. The molecule has 0 aliphatic rings.